The van der Waals surface area contributed by atoms with Gasteiger partial charge in [-0.2, -0.15) is 5.10 Å². The lowest BCUT2D eigenvalue weighted by molar-refractivity contribution is -0.131. The third kappa shape index (κ3) is 7.01. The zero-order valence-corrected chi connectivity index (χ0v) is 21.3. The Balaban J connectivity index is 1.54. The van der Waals surface area contributed by atoms with Crippen molar-refractivity contribution >= 4 is 17.5 Å². The lowest BCUT2D eigenvalue weighted by Crippen LogP contribution is -2.38. The number of hydrogen-bond donors (Lipinski definition) is 0. The molecule has 1 aliphatic heterocycles. The summed E-state index contributed by atoms with van der Waals surface area (Å²) < 4.78 is 1.76. The summed E-state index contributed by atoms with van der Waals surface area (Å²) >= 11 is 0. The van der Waals surface area contributed by atoms with E-state index in [4.69, 9.17) is 0 Å². The maximum Gasteiger partial charge on any atom is 0.223 e. The first-order valence-corrected chi connectivity index (χ1v) is 12.7. The molecule has 8 nitrogen and oxygen atoms in total. The maximum absolute atomic E-state index is 13.4. The van der Waals surface area contributed by atoms with Crippen molar-refractivity contribution in [2.45, 2.75) is 45.7 Å². The van der Waals surface area contributed by atoms with Gasteiger partial charge in [0.2, 0.25) is 11.8 Å². The van der Waals surface area contributed by atoms with Crippen LogP contribution in [0.25, 0.3) is 0 Å². The highest BCUT2D eigenvalue weighted by atomic mass is 16.2. The second kappa shape index (κ2) is 12.4. The van der Waals surface area contributed by atoms with Gasteiger partial charge in [0.1, 0.15) is 0 Å². The molecule has 0 N–H and O–H groups in total. The molecule has 0 fully saturated rings. The van der Waals surface area contributed by atoms with Crippen LogP contribution in [0.3, 0.4) is 0 Å². The molecule has 0 aliphatic carbocycles. The summed E-state index contributed by atoms with van der Waals surface area (Å²) in [6, 6.07) is 12.0. The summed E-state index contributed by atoms with van der Waals surface area (Å²) in [6.07, 6.45) is 10.3. The van der Waals surface area contributed by atoms with Crippen LogP contribution in [-0.2, 0) is 36.1 Å². The largest absolute Gasteiger partial charge is 0.338 e. The summed E-state index contributed by atoms with van der Waals surface area (Å²) in [4.78, 5) is 36.5. The predicted molar refractivity (Wildman–Crippen MR) is 140 cm³/mol. The van der Waals surface area contributed by atoms with Gasteiger partial charge in [0.15, 0.2) is 0 Å². The molecule has 0 unspecified atom stereocenters. The van der Waals surface area contributed by atoms with Crippen LogP contribution in [0.2, 0.25) is 0 Å². The van der Waals surface area contributed by atoms with E-state index in [1.54, 1.807) is 17.8 Å². The number of rotatable bonds is 5. The average molecular weight is 489 g/mol. The molecular formula is C28H36N6O2. The van der Waals surface area contributed by atoms with Crippen LogP contribution in [0.5, 0.6) is 0 Å². The number of fused-ring (bicyclic) bond motifs is 1. The molecule has 36 heavy (non-hydrogen) atoms. The fourth-order valence-corrected chi connectivity index (χ4v) is 4.82. The summed E-state index contributed by atoms with van der Waals surface area (Å²) in [5.74, 6) is 0.145. The standard InChI is InChI=1S/C28H36N6O2/c1-23(35)34-17-7-15-32(21-24-8-5-13-29-18-24)14-6-16-33(22-26-9-3-4-10-27(26)34)28(36)12-11-25-19-30-31(2)20-25/h3-5,8-10,13,18-20H,6-7,11-12,14-17,21-22H2,1-2H3. The molecule has 190 valence electrons. The smallest absolute Gasteiger partial charge is 0.223 e. The zero-order valence-electron chi connectivity index (χ0n) is 21.3. The number of amides is 2. The Morgan fingerprint density at radius 3 is 2.47 bits per heavy atom. The minimum absolute atomic E-state index is 0.0211. The van der Waals surface area contributed by atoms with E-state index in [1.807, 2.05) is 65.8 Å². The van der Waals surface area contributed by atoms with Gasteiger partial charge in [-0.05, 0) is 48.1 Å². The number of aryl methyl sites for hydroxylation is 2. The molecular weight excluding hydrogens is 452 g/mol. The number of anilines is 1. The van der Waals surface area contributed by atoms with Crippen molar-refractivity contribution in [3.8, 4) is 0 Å². The van der Waals surface area contributed by atoms with Gasteiger partial charge in [0.25, 0.3) is 0 Å². The molecule has 0 atom stereocenters. The fourth-order valence-electron chi connectivity index (χ4n) is 4.82. The van der Waals surface area contributed by atoms with E-state index in [9.17, 15) is 9.59 Å². The maximum atomic E-state index is 13.4. The normalized spacial score (nSPS) is 15.6. The average Bonchev–Trinajstić information content (AvgIpc) is 3.29. The van der Waals surface area contributed by atoms with Crippen LogP contribution in [0, 0.1) is 0 Å². The van der Waals surface area contributed by atoms with Crippen molar-refractivity contribution in [1.29, 1.82) is 0 Å². The summed E-state index contributed by atoms with van der Waals surface area (Å²) in [6.45, 7) is 5.98. The molecule has 3 aromatic rings. The number of hydrogen-bond acceptors (Lipinski definition) is 5. The third-order valence-corrected chi connectivity index (χ3v) is 6.65. The van der Waals surface area contributed by atoms with Crippen LogP contribution in [0.15, 0.2) is 61.2 Å². The first-order valence-electron chi connectivity index (χ1n) is 12.7. The molecule has 2 aromatic heterocycles. The number of para-hydroxylation sites is 1. The highest BCUT2D eigenvalue weighted by Crippen LogP contribution is 2.24. The monoisotopic (exact) mass is 488 g/mol. The van der Waals surface area contributed by atoms with Crippen LogP contribution >= 0.6 is 0 Å². The topological polar surface area (TPSA) is 74.6 Å². The van der Waals surface area contributed by atoms with Crippen LogP contribution in [-0.4, -0.2) is 62.6 Å². The Bertz CT molecular complexity index is 1150. The van der Waals surface area contributed by atoms with Crippen molar-refractivity contribution in [1.82, 2.24) is 24.6 Å². The Labute approximate surface area is 213 Å². The Kier molecular flexibility index (Phi) is 8.84. The van der Waals surface area contributed by atoms with Gasteiger partial charge in [0.05, 0.1) is 6.20 Å². The molecule has 0 saturated heterocycles. The number of carbonyl (C=O) groups excluding carboxylic acids is 2. The molecule has 4 rings (SSSR count). The molecule has 3 heterocycles. The van der Waals surface area contributed by atoms with Crippen molar-refractivity contribution in [3.63, 3.8) is 0 Å². The first-order chi connectivity index (χ1) is 17.5. The van der Waals surface area contributed by atoms with E-state index in [-0.39, 0.29) is 11.8 Å². The molecule has 1 aliphatic rings. The van der Waals surface area contributed by atoms with Crippen molar-refractivity contribution in [3.05, 3.63) is 77.9 Å². The van der Waals surface area contributed by atoms with Gasteiger partial charge in [-0.3, -0.25) is 24.2 Å². The SMILES string of the molecule is CC(=O)N1CCCN(Cc2cccnc2)CCCN(C(=O)CCc2cnn(C)c2)Cc2ccccc21. The first kappa shape index (κ1) is 25.6. The lowest BCUT2D eigenvalue weighted by atomic mass is 10.1. The van der Waals surface area contributed by atoms with Gasteiger partial charge in [-0.15, -0.1) is 0 Å². The van der Waals surface area contributed by atoms with E-state index < -0.39 is 0 Å². The highest BCUT2D eigenvalue weighted by Gasteiger charge is 2.21. The van der Waals surface area contributed by atoms with Gasteiger partial charge in [-0.1, -0.05) is 24.3 Å². The van der Waals surface area contributed by atoms with Gasteiger partial charge >= 0.3 is 0 Å². The Morgan fingerprint density at radius 1 is 0.944 bits per heavy atom. The van der Waals surface area contributed by atoms with E-state index in [0.29, 0.717) is 32.5 Å². The number of pyridine rings is 1. The highest BCUT2D eigenvalue weighted by molar-refractivity contribution is 5.92. The molecule has 2 amide bonds. The van der Waals surface area contributed by atoms with Crippen LogP contribution < -0.4 is 4.90 Å². The molecule has 0 radical (unpaired) electrons. The lowest BCUT2D eigenvalue weighted by Gasteiger charge is -2.31. The van der Waals surface area contributed by atoms with Crippen molar-refractivity contribution < 1.29 is 9.59 Å². The zero-order chi connectivity index (χ0) is 25.3. The summed E-state index contributed by atoms with van der Waals surface area (Å²) in [7, 11) is 1.89. The van der Waals surface area contributed by atoms with Gasteiger partial charge < -0.3 is 9.80 Å². The van der Waals surface area contributed by atoms with Crippen LogP contribution in [0.1, 0.15) is 42.9 Å². The predicted octanol–water partition coefficient (Wildman–Crippen LogP) is 3.43. The number of benzene rings is 1. The summed E-state index contributed by atoms with van der Waals surface area (Å²) in [5, 5.41) is 4.22. The molecule has 1 aromatic carbocycles. The van der Waals surface area contributed by atoms with Gasteiger partial charge in [-0.25, -0.2) is 0 Å². The Morgan fingerprint density at radius 2 is 1.75 bits per heavy atom. The van der Waals surface area contributed by atoms with E-state index in [0.717, 1.165) is 49.3 Å². The molecule has 0 bridgehead atoms. The number of carbonyl (C=O) groups is 2. The molecule has 0 spiro atoms. The fraction of sp³-hybridized carbons (Fsp3) is 0.429. The second-order valence-corrected chi connectivity index (χ2v) is 9.48. The molecule has 8 heteroatoms. The summed E-state index contributed by atoms with van der Waals surface area (Å²) in [5.41, 5.74) is 4.14. The number of aromatic nitrogens is 3. The second-order valence-electron chi connectivity index (χ2n) is 9.48. The van der Waals surface area contributed by atoms with E-state index in [2.05, 4.69) is 21.0 Å². The minimum atomic E-state index is 0.0211. The minimum Gasteiger partial charge on any atom is -0.338 e. The van der Waals surface area contributed by atoms with Gasteiger partial charge in [0, 0.05) is 83.9 Å². The van der Waals surface area contributed by atoms with E-state index >= 15 is 0 Å². The van der Waals surface area contributed by atoms with Crippen molar-refractivity contribution in [2.24, 2.45) is 7.05 Å². The van der Waals surface area contributed by atoms with E-state index in [1.165, 1.54) is 5.56 Å². The quantitative estimate of drug-likeness (QED) is 0.550. The van der Waals surface area contributed by atoms with Crippen molar-refractivity contribution in [2.75, 3.05) is 31.1 Å². The number of nitrogens with zero attached hydrogens (tertiary/aromatic N) is 6. The third-order valence-electron chi connectivity index (χ3n) is 6.65. The molecule has 0 saturated carbocycles. The van der Waals surface area contributed by atoms with Crippen LogP contribution in [0.4, 0.5) is 5.69 Å². The Hall–Kier alpha value is -3.52.